The molecule has 0 bridgehead atoms. The molecule has 4 aliphatic carbocycles. The van der Waals surface area contributed by atoms with E-state index in [1.807, 2.05) is 6.08 Å². The van der Waals surface area contributed by atoms with Crippen molar-refractivity contribution in [1.29, 1.82) is 0 Å². The maximum absolute atomic E-state index is 12.1. The first kappa shape index (κ1) is 21.6. The van der Waals surface area contributed by atoms with Crippen molar-refractivity contribution in [2.24, 2.45) is 46.3 Å². The normalized spacial score (nSPS) is 45.4. The van der Waals surface area contributed by atoms with Gasteiger partial charge in [-0.2, -0.15) is 0 Å². The van der Waals surface area contributed by atoms with E-state index in [4.69, 9.17) is 0 Å². The average Bonchev–Trinajstić information content (AvgIpc) is 3.00. The summed E-state index contributed by atoms with van der Waals surface area (Å²) in [6.45, 7) is 12.2. The zero-order valence-corrected chi connectivity index (χ0v) is 19.5. The molecule has 0 amide bonds. The molecule has 1 N–H and O–H groups in total. The van der Waals surface area contributed by atoms with Crippen LogP contribution in [0.1, 0.15) is 98.8 Å². The Kier molecular flexibility index (Phi) is 5.82. The zero-order valence-electron chi connectivity index (χ0n) is 19.5. The summed E-state index contributed by atoms with van der Waals surface area (Å²) in [7, 11) is 0. The lowest BCUT2D eigenvalue weighted by molar-refractivity contribution is -0.119. The molecule has 0 heterocycles. The standard InChI is InChI=1S/C27H44O2/c1-17(2)7-6-8-18(3)21-9-10-22-20-16-25(29)24-15-19(28)11-13-27(24,5)23(20)12-14-26(21,22)4/h15,17-18,20-23,25,29H,6-14,16H2,1-5H3/t18-,20?,21-,22?,23?,25+,26-,27-/m1/s1. The van der Waals surface area contributed by atoms with Gasteiger partial charge in [-0.3, -0.25) is 4.79 Å². The first-order valence-corrected chi connectivity index (χ1v) is 12.6. The minimum atomic E-state index is -0.393. The number of aliphatic hydroxyl groups is 1. The predicted octanol–water partition coefficient (Wildman–Crippen LogP) is 6.57. The Labute approximate surface area is 178 Å². The zero-order chi connectivity index (χ0) is 21.0. The second-order valence-electron chi connectivity index (χ2n) is 12.1. The summed E-state index contributed by atoms with van der Waals surface area (Å²) >= 11 is 0. The van der Waals surface area contributed by atoms with E-state index in [2.05, 4.69) is 34.6 Å². The van der Waals surface area contributed by atoms with E-state index >= 15 is 0 Å². The van der Waals surface area contributed by atoms with Gasteiger partial charge in [-0.05, 0) is 96.5 Å². The second kappa shape index (κ2) is 7.81. The van der Waals surface area contributed by atoms with E-state index in [1.54, 1.807) is 0 Å². The first-order valence-electron chi connectivity index (χ1n) is 12.6. The lowest BCUT2D eigenvalue weighted by atomic mass is 9.46. The third-order valence-corrected chi connectivity index (χ3v) is 10.2. The monoisotopic (exact) mass is 400 g/mol. The van der Waals surface area contributed by atoms with Crippen LogP contribution in [0.5, 0.6) is 0 Å². The van der Waals surface area contributed by atoms with Gasteiger partial charge < -0.3 is 5.11 Å². The number of aliphatic hydroxyl groups excluding tert-OH is 1. The largest absolute Gasteiger partial charge is 0.389 e. The van der Waals surface area contributed by atoms with Crippen molar-refractivity contribution in [2.75, 3.05) is 0 Å². The van der Waals surface area contributed by atoms with Gasteiger partial charge in [-0.1, -0.05) is 53.9 Å². The molecule has 3 unspecified atom stereocenters. The minimum Gasteiger partial charge on any atom is -0.389 e. The van der Waals surface area contributed by atoms with Gasteiger partial charge in [0.05, 0.1) is 6.10 Å². The molecule has 164 valence electrons. The van der Waals surface area contributed by atoms with Gasteiger partial charge in [0.15, 0.2) is 5.78 Å². The number of hydrogen-bond acceptors (Lipinski definition) is 2. The van der Waals surface area contributed by atoms with Gasteiger partial charge in [0.25, 0.3) is 0 Å². The van der Waals surface area contributed by atoms with Crippen LogP contribution in [0.3, 0.4) is 0 Å². The predicted molar refractivity (Wildman–Crippen MR) is 119 cm³/mol. The highest BCUT2D eigenvalue weighted by atomic mass is 16.3. The third-order valence-electron chi connectivity index (χ3n) is 10.2. The van der Waals surface area contributed by atoms with E-state index in [0.717, 1.165) is 42.1 Å². The van der Waals surface area contributed by atoms with E-state index < -0.39 is 6.10 Å². The van der Waals surface area contributed by atoms with Gasteiger partial charge in [0.1, 0.15) is 0 Å². The molecule has 0 aromatic rings. The lowest BCUT2D eigenvalue weighted by Crippen LogP contribution is -2.54. The molecule has 3 saturated carbocycles. The molecule has 0 aromatic carbocycles. The van der Waals surface area contributed by atoms with E-state index in [0.29, 0.717) is 23.7 Å². The Morgan fingerprint density at radius 1 is 1.07 bits per heavy atom. The van der Waals surface area contributed by atoms with Crippen LogP contribution in [0.25, 0.3) is 0 Å². The highest BCUT2D eigenvalue weighted by molar-refractivity contribution is 5.91. The Hall–Kier alpha value is -0.630. The van der Waals surface area contributed by atoms with E-state index in [1.165, 1.54) is 44.9 Å². The van der Waals surface area contributed by atoms with Crippen LogP contribution in [0.15, 0.2) is 11.6 Å². The molecule has 8 atom stereocenters. The van der Waals surface area contributed by atoms with Crippen LogP contribution >= 0.6 is 0 Å². The average molecular weight is 401 g/mol. The quantitative estimate of drug-likeness (QED) is 0.567. The molecule has 29 heavy (non-hydrogen) atoms. The maximum atomic E-state index is 12.1. The molecular formula is C27H44O2. The fourth-order valence-corrected chi connectivity index (χ4v) is 8.63. The van der Waals surface area contributed by atoms with Crippen molar-refractivity contribution in [3.05, 3.63) is 11.6 Å². The summed E-state index contributed by atoms with van der Waals surface area (Å²) in [6.07, 6.45) is 13.5. The molecule has 4 aliphatic rings. The van der Waals surface area contributed by atoms with Crippen LogP contribution in [-0.2, 0) is 4.79 Å². The lowest BCUT2D eigenvalue weighted by Gasteiger charge is -2.59. The topological polar surface area (TPSA) is 37.3 Å². The van der Waals surface area contributed by atoms with Crippen molar-refractivity contribution in [2.45, 2.75) is 105 Å². The van der Waals surface area contributed by atoms with Crippen LogP contribution in [-0.4, -0.2) is 17.0 Å². The molecule has 2 nitrogen and oxygen atoms in total. The highest BCUT2D eigenvalue weighted by Crippen LogP contribution is 2.67. The molecule has 4 rings (SSSR count). The van der Waals surface area contributed by atoms with Crippen molar-refractivity contribution >= 4 is 5.78 Å². The Morgan fingerprint density at radius 3 is 2.55 bits per heavy atom. The summed E-state index contributed by atoms with van der Waals surface area (Å²) in [5, 5.41) is 11.1. The fraction of sp³-hybridized carbons (Fsp3) is 0.889. The number of fused-ring (bicyclic) bond motifs is 5. The number of hydrogen-bond donors (Lipinski definition) is 1. The van der Waals surface area contributed by atoms with Crippen LogP contribution in [0.4, 0.5) is 0 Å². The Morgan fingerprint density at radius 2 is 1.83 bits per heavy atom. The summed E-state index contributed by atoms with van der Waals surface area (Å²) in [6, 6.07) is 0. The fourth-order valence-electron chi connectivity index (χ4n) is 8.63. The first-order chi connectivity index (χ1) is 13.7. The van der Waals surface area contributed by atoms with Gasteiger partial charge >= 0.3 is 0 Å². The summed E-state index contributed by atoms with van der Waals surface area (Å²) in [4.78, 5) is 12.1. The van der Waals surface area contributed by atoms with Crippen molar-refractivity contribution in [3.8, 4) is 0 Å². The number of carbonyl (C=O) groups excluding carboxylic acids is 1. The summed E-state index contributed by atoms with van der Waals surface area (Å²) in [5.74, 6) is 4.81. The summed E-state index contributed by atoms with van der Waals surface area (Å²) < 4.78 is 0. The third kappa shape index (κ3) is 3.56. The number of rotatable bonds is 5. The molecule has 0 spiro atoms. The Balaban J connectivity index is 1.53. The molecule has 0 radical (unpaired) electrons. The van der Waals surface area contributed by atoms with Crippen molar-refractivity contribution < 1.29 is 9.90 Å². The second-order valence-corrected chi connectivity index (χ2v) is 12.1. The van der Waals surface area contributed by atoms with Crippen molar-refractivity contribution in [1.82, 2.24) is 0 Å². The minimum absolute atomic E-state index is 0.0541. The van der Waals surface area contributed by atoms with E-state index in [9.17, 15) is 9.90 Å². The maximum Gasteiger partial charge on any atom is 0.155 e. The molecular weight excluding hydrogens is 356 g/mol. The molecule has 0 saturated heterocycles. The van der Waals surface area contributed by atoms with Crippen LogP contribution in [0.2, 0.25) is 0 Å². The molecule has 3 fully saturated rings. The van der Waals surface area contributed by atoms with Gasteiger partial charge in [-0.25, -0.2) is 0 Å². The van der Waals surface area contributed by atoms with Gasteiger partial charge in [0, 0.05) is 6.42 Å². The van der Waals surface area contributed by atoms with Crippen LogP contribution < -0.4 is 0 Å². The van der Waals surface area contributed by atoms with Crippen LogP contribution in [0, 0.1) is 46.3 Å². The highest BCUT2D eigenvalue weighted by Gasteiger charge is 2.60. The van der Waals surface area contributed by atoms with Crippen molar-refractivity contribution in [3.63, 3.8) is 0 Å². The molecule has 0 aliphatic heterocycles. The molecule has 2 heteroatoms. The Bertz CT molecular complexity index is 663. The molecule has 0 aromatic heterocycles. The van der Waals surface area contributed by atoms with Gasteiger partial charge in [0.2, 0.25) is 0 Å². The number of carbonyl (C=O) groups is 1. The SMILES string of the molecule is CC(C)CCC[C@@H](C)[C@H]1CCC2C3C[C@H](O)C4=CC(=O)CC[C@]4(C)C3CC[C@@]21C. The summed E-state index contributed by atoms with van der Waals surface area (Å²) in [5.41, 5.74) is 1.59. The smallest absolute Gasteiger partial charge is 0.155 e. The van der Waals surface area contributed by atoms with Gasteiger partial charge in [-0.15, -0.1) is 0 Å². The van der Waals surface area contributed by atoms with E-state index in [-0.39, 0.29) is 11.2 Å². The number of ketones is 1.